The molecule has 2 aromatic carbocycles. The number of carbonyl (C=O) groups excluding carboxylic acids is 1. The number of likely N-dealkylation sites (tertiary alicyclic amines) is 1. The fraction of sp³-hybridized carbons (Fsp3) is 0.348. The summed E-state index contributed by atoms with van der Waals surface area (Å²) >= 11 is 0. The van der Waals surface area contributed by atoms with Crippen molar-refractivity contribution in [1.29, 1.82) is 0 Å². The van der Waals surface area contributed by atoms with Gasteiger partial charge >= 0.3 is 11.8 Å². The standard InChI is InChI=1S/C23H26N4O4S/c1-16-8-7-9-19(14-16)26-32(29,30)20-15-18(11-10-17(20)2)21-24-22(31-25-21)23(28)27-12-5-3-4-6-13-27/h7-11,14-15,26H,3-6,12-13H2,1-2H3. The minimum absolute atomic E-state index is 0.0789. The van der Waals surface area contributed by atoms with E-state index in [9.17, 15) is 13.2 Å². The van der Waals surface area contributed by atoms with E-state index in [1.54, 1.807) is 42.2 Å². The van der Waals surface area contributed by atoms with Crippen LogP contribution in [0.25, 0.3) is 11.4 Å². The SMILES string of the molecule is Cc1cccc(NS(=O)(=O)c2cc(-c3noc(C(=O)N4CCCCCC4)n3)ccc2C)c1. The van der Waals surface area contributed by atoms with E-state index in [2.05, 4.69) is 14.9 Å². The van der Waals surface area contributed by atoms with Gasteiger partial charge in [-0.3, -0.25) is 9.52 Å². The molecule has 0 unspecified atom stereocenters. The molecular weight excluding hydrogens is 428 g/mol. The van der Waals surface area contributed by atoms with Crippen LogP contribution in [0.15, 0.2) is 51.9 Å². The van der Waals surface area contributed by atoms with E-state index in [0.29, 0.717) is 29.9 Å². The molecule has 8 nitrogen and oxygen atoms in total. The molecule has 1 saturated heterocycles. The Labute approximate surface area is 187 Å². The molecular formula is C23H26N4O4S. The van der Waals surface area contributed by atoms with Crippen LogP contribution in [0.5, 0.6) is 0 Å². The highest BCUT2D eigenvalue weighted by Crippen LogP contribution is 2.26. The number of aromatic nitrogens is 2. The zero-order chi connectivity index (χ0) is 22.7. The molecule has 1 aliphatic heterocycles. The normalized spacial score (nSPS) is 14.8. The quantitative estimate of drug-likeness (QED) is 0.620. The van der Waals surface area contributed by atoms with Crippen molar-refractivity contribution in [3.8, 4) is 11.4 Å². The van der Waals surface area contributed by atoms with Gasteiger partial charge in [0.25, 0.3) is 10.0 Å². The molecule has 0 spiro atoms. The van der Waals surface area contributed by atoms with Crippen molar-refractivity contribution in [2.45, 2.75) is 44.4 Å². The maximum Gasteiger partial charge on any atom is 0.316 e. The van der Waals surface area contributed by atoms with E-state index in [-0.39, 0.29) is 22.5 Å². The second-order valence-corrected chi connectivity index (χ2v) is 9.74. The molecule has 1 aromatic heterocycles. The average molecular weight is 455 g/mol. The number of amides is 1. The summed E-state index contributed by atoms with van der Waals surface area (Å²) in [5.41, 5.74) is 2.47. The summed E-state index contributed by atoms with van der Waals surface area (Å²) in [5.74, 6) is -0.188. The van der Waals surface area contributed by atoms with Gasteiger partial charge < -0.3 is 9.42 Å². The summed E-state index contributed by atoms with van der Waals surface area (Å²) in [5, 5.41) is 3.93. The zero-order valence-corrected chi connectivity index (χ0v) is 19.0. The smallest absolute Gasteiger partial charge is 0.316 e. The number of hydrogen-bond acceptors (Lipinski definition) is 6. The van der Waals surface area contributed by atoms with Gasteiger partial charge in [0.2, 0.25) is 5.82 Å². The molecule has 2 heterocycles. The van der Waals surface area contributed by atoms with Gasteiger partial charge in [0.15, 0.2) is 0 Å². The third kappa shape index (κ3) is 4.83. The van der Waals surface area contributed by atoms with Crippen molar-refractivity contribution in [2.75, 3.05) is 17.8 Å². The number of nitrogens with one attached hydrogen (secondary N) is 1. The average Bonchev–Trinajstić information content (AvgIpc) is 3.08. The highest BCUT2D eigenvalue weighted by atomic mass is 32.2. The number of anilines is 1. The van der Waals surface area contributed by atoms with Crippen LogP contribution in [0.3, 0.4) is 0 Å². The van der Waals surface area contributed by atoms with Gasteiger partial charge in [0.1, 0.15) is 0 Å². The molecule has 168 valence electrons. The molecule has 32 heavy (non-hydrogen) atoms. The number of nitrogens with zero attached hydrogens (tertiary/aromatic N) is 3. The van der Waals surface area contributed by atoms with Gasteiger partial charge in [-0.15, -0.1) is 0 Å². The van der Waals surface area contributed by atoms with E-state index in [1.807, 2.05) is 13.0 Å². The molecule has 1 aliphatic rings. The van der Waals surface area contributed by atoms with Crippen molar-refractivity contribution in [1.82, 2.24) is 15.0 Å². The Bertz CT molecular complexity index is 1230. The minimum atomic E-state index is -3.83. The Morgan fingerprint density at radius 2 is 1.78 bits per heavy atom. The van der Waals surface area contributed by atoms with E-state index >= 15 is 0 Å². The van der Waals surface area contributed by atoms with Crippen molar-refractivity contribution in [2.24, 2.45) is 0 Å². The summed E-state index contributed by atoms with van der Waals surface area (Å²) in [7, 11) is -3.83. The third-order valence-electron chi connectivity index (χ3n) is 5.51. The molecule has 0 saturated carbocycles. The summed E-state index contributed by atoms with van der Waals surface area (Å²) in [6.45, 7) is 4.96. The van der Waals surface area contributed by atoms with Gasteiger partial charge in [0.05, 0.1) is 4.90 Å². The first-order valence-electron chi connectivity index (χ1n) is 10.7. The highest BCUT2D eigenvalue weighted by Gasteiger charge is 2.24. The molecule has 3 aromatic rings. The lowest BCUT2D eigenvalue weighted by Gasteiger charge is -2.17. The van der Waals surface area contributed by atoms with Crippen molar-refractivity contribution < 1.29 is 17.7 Å². The Morgan fingerprint density at radius 3 is 2.50 bits per heavy atom. The molecule has 0 atom stereocenters. The van der Waals surface area contributed by atoms with E-state index in [1.165, 1.54) is 6.07 Å². The van der Waals surface area contributed by atoms with E-state index in [0.717, 1.165) is 31.2 Å². The number of rotatable bonds is 5. The van der Waals surface area contributed by atoms with Crippen LogP contribution in [0, 0.1) is 13.8 Å². The largest absolute Gasteiger partial charge is 0.334 e. The van der Waals surface area contributed by atoms with Crippen LogP contribution in [-0.4, -0.2) is 42.5 Å². The summed E-state index contributed by atoms with van der Waals surface area (Å²) in [6.07, 6.45) is 4.13. The first kappa shape index (κ1) is 22.0. The topological polar surface area (TPSA) is 105 Å². The maximum absolute atomic E-state index is 13.0. The lowest BCUT2D eigenvalue weighted by atomic mass is 10.1. The molecule has 9 heteroatoms. The molecule has 1 amide bonds. The van der Waals surface area contributed by atoms with Crippen LogP contribution in [0.1, 0.15) is 47.5 Å². The van der Waals surface area contributed by atoms with Crippen LogP contribution >= 0.6 is 0 Å². The molecule has 4 rings (SSSR count). The molecule has 0 bridgehead atoms. The Balaban J connectivity index is 1.59. The van der Waals surface area contributed by atoms with Crippen molar-refractivity contribution >= 4 is 21.6 Å². The number of hydrogen-bond donors (Lipinski definition) is 1. The molecule has 1 N–H and O–H groups in total. The predicted molar refractivity (Wildman–Crippen MR) is 121 cm³/mol. The van der Waals surface area contributed by atoms with Crippen LogP contribution in [0.2, 0.25) is 0 Å². The summed E-state index contributed by atoms with van der Waals surface area (Å²) < 4.78 is 33.9. The second kappa shape index (κ2) is 9.12. The highest BCUT2D eigenvalue weighted by molar-refractivity contribution is 7.92. The number of sulfonamides is 1. The Morgan fingerprint density at radius 1 is 1.03 bits per heavy atom. The van der Waals surface area contributed by atoms with Gasteiger partial charge in [-0.2, -0.15) is 4.98 Å². The van der Waals surface area contributed by atoms with Gasteiger partial charge in [-0.1, -0.05) is 42.3 Å². The van der Waals surface area contributed by atoms with Gasteiger partial charge in [-0.05, 0) is 56.0 Å². The Kier molecular flexibility index (Phi) is 6.27. The fourth-order valence-corrected chi connectivity index (χ4v) is 5.11. The maximum atomic E-state index is 13.0. The van der Waals surface area contributed by atoms with Gasteiger partial charge in [0, 0.05) is 24.3 Å². The van der Waals surface area contributed by atoms with E-state index in [4.69, 9.17) is 4.52 Å². The summed E-state index contributed by atoms with van der Waals surface area (Å²) in [4.78, 5) is 18.8. The minimum Gasteiger partial charge on any atom is -0.334 e. The monoisotopic (exact) mass is 454 g/mol. The van der Waals surface area contributed by atoms with Gasteiger partial charge in [-0.25, -0.2) is 8.42 Å². The fourth-order valence-electron chi connectivity index (χ4n) is 3.78. The lowest BCUT2D eigenvalue weighted by molar-refractivity contribution is 0.0711. The molecule has 1 fully saturated rings. The van der Waals surface area contributed by atoms with Crippen molar-refractivity contribution in [3.05, 3.63) is 59.5 Å². The number of benzene rings is 2. The first-order valence-corrected chi connectivity index (χ1v) is 12.2. The third-order valence-corrected chi connectivity index (χ3v) is 7.03. The first-order chi connectivity index (χ1) is 15.3. The van der Waals surface area contributed by atoms with Crippen LogP contribution in [0.4, 0.5) is 5.69 Å². The lowest BCUT2D eigenvalue weighted by Crippen LogP contribution is -2.32. The van der Waals surface area contributed by atoms with E-state index < -0.39 is 10.0 Å². The predicted octanol–water partition coefficient (Wildman–Crippen LogP) is 4.17. The molecule has 0 aliphatic carbocycles. The van der Waals surface area contributed by atoms with Crippen molar-refractivity contribution in [3.63, 3.8) is 0 Å². The number of carbonyl (C=O) groups is 1. The Hall–Kier alpha value is -3.20. The second-order valence-electron chi connectivity index (χ2n) is 8.08. The molecule has 0 radical (unpaired) electrons. The van der Waals surface area contributed by atoms with Crippen LogP contribution < -0.4 is 4.72 Å². The zero-order valence-electron chi connectivity index (χ0n) is 18.2. The summed E-state index contributed by atoms with van der Waals surface area (Å²) in [6, 6.07) is 12.0. The van der Waals surface area contributed by atoms with Crippen LogP contribution in [-0.2, 0) is 10.0 Å². The number of aryl methyl sites for hydroxylation is 2.